The molecule has 4 heteroatoms. The third kappa shape index (κ3) is 4.57. The molecule has 1 aliphatic heterocycles. The average Bonchev–Trinajstić information content (AvgIpc) is 2.87. The molecule has 3 rings (SSSR count). The van der Waals surface area contributed by atoms with Gasteiger partial charge < -0.3 is 10.2 Å². The summed E-state index contributed by atoms with van der Waals surface area (Å²) >= 11 is 0. The van der Waals surface area contributed by atoms with Gasteiger partial charge in [-0.25, -0.2) is 4.39 Å². The van der Waals surface area contributed by atoms with Crippen molar-refractivity contribution in [3.8, 4) is 0 Å². The highest BCUT2D eigenvalue weighted by molar-refractivity contribution is 5.92. The molecule has 0 bridgehead atoms. The highest BCUT2D eigenvalue weighted by Gasteiger charge is 2.10. The summed E-state index contributed by atoms with van der Waals surface area (Å²) < 4.78 is 12.9. The summed E-state index contributed by atoms with van der Waals surface area (Å²) in [6, 6.07) is 14.1. The van der Waals surface area contributed by atoms with Crippen LogP contribution in [0, 0.1) is 5.82 Å². The number of rotatable bonds is 4. The molecule has 0 spiro atoms. The van der Waals surface area contributed by atoms with Gasteiger partial charge in [-0.2, -0.15) is 0 Å². The van der Waals surface area contributed by atoms with Crippen LogP contribution in [0.15, 0.2) is 48.5 Å². The Morgan fingerprint density at radius 2 is 1.54 bits per heavy atom. The summed E-state index contributed by atoms with van der Waals surface area (Å²) in [6.45, 7) is 2.21. The zero-order chi connectivity index (χ0) is 16.8. The molecular weight excluding hydrogens is 303 g/mol. The Hall–Kier alpha value is -2.36. The first-order valence-electron chi connectivity index (χ1n) is 8.60. The van der Waals surface area contributed by atoms with E-state index in [1.165, 1.54) is 43.5 Å². The second-order valence-corrected chi connectivity index (χ2v) is 6.30. The van der Waals surface area contributed by atoms with Gasteiger partial charge >= 0.3 is 0 Å². The van der Waals surface area contributed by atoms with Gasteiger partial charge in [-0.15, -0.1) is 0 Å². The number of carbonyl (C=O) groups excluding carboxylic acids is 1. The predicted octanol–water partition coefficient (Wildman–Crippen LogP) is 4.39. The molecule has 2 aromatic carbocycles. The summed E-state index contributed by atoms with van der Waals surface area (Å²) in [7, 11) is 0. The molecule has 126 valence electrons. The Bertz CT molecular complexity index is 659. The van der Waals surface area contributed by atoms with E-state index < -0.39 is 0 Å². The maximum Gasteiger partial charge on any atom is 0.228 e. The highest BCUT2D eigenvalue weighted by Crippen LogP contribution is 2.21. The Morgan fingerprint density at radius 3 is 2.17 bits per heavy atom. The maximum absolute atomic E-state index is 12.9. The van der Waals surface area contributed by atoms with Gasteiger partial charge in [0, 0.05) is 24.5 Å². The molecule has 1 amide bonds. The number of nitrogens with one attached hydrogen (secondary N) is 1. The summed E-state index contributed by atoms with van der Waals surface area (Å²) in [4.78, 5) is 14.5. The fourth-order valence-electron chi connectivity index (χ4n) is 3.08. The Morgan fingerprint density at radius 1 is 0.917 bits per heavy atom. The average molecular weight is 326 g/mol. The molecule has 0 saturated carbocycles. The van der Waals surface area contributed by atoms with Crippen molar-refractivity contribution in [1.82, 2.24) is 0 Å². The topological polar surface area (TPSA) is 32.3 Å². The van der Waals surface area contributed by atoms with E-state index in [1.54, 1.807) is 12.1 Å². The van der Waals surface area contributed by atoms with Gasteiger partial charge in [0.2, 0.25) is 5.91 Å². The van der Waals surface area contributed by atoms with Gasteiger partial charge in [-0.05, 0) is 54.8 Å². The summed E-state index contributed by atoms with van der Waals surface area (Å²) in [6.07, 6.45) is 5.36. The number of carbonyl (C=O) groups is 1. The molecule has 0 unspecified atom stereocenters. The van der Waals surface area contributed by atoms with Crippen LogP contribution in [0.3, 0.4) is 0 Å². The first-order valence-corrected chi connectivity index (χ1v) is 8.60. The molecular formula is C20H23FN2O. The third-order valence-electron chi connectivity index (χ3n) is 4.40. The van der Waals surface area contributed by atoms with Gasteiger partial charge in [0.25, 0.3) is 0 Å². The Labute approximate surface area is 142 Å². The minimum atomic E-state index is -0.289. The molecule has 1 heterocycles. The number of nitrogens with zero attached hydrogens (tertiary/aromatic N) is 1. The van der Waals surface area contributed by atoms with Crippen molar-refractivity contribution >= 4 is 17.3 Å². The summed E-state index contributed by atoms with van der Waals surface area (Å²) in [5.74, 6) is -0.382. The standard InChI is InChI=1S/C20H23FN2O/c21-17-7-5-16(6-8-17)15-20(24)22-18-9-11-19(12-10-18)23-13-3-1-2-4-14-23/h5-12H,1-4,13-15H2,(H,22,24). The quantitative estimate of drug-likeness (QED) is 0.904. The first-order chi connectivity index (χ1) is 11.7. The van der Waals surface area contributed by atoms with Crippen LogP contribution in [0.2, 0.25) is 0 Å². The Balaban J connectivity index is 1.57. The third-order valence-corrected chi connectivity index (χ3v) is 4.40. The molecule has 1 N–H and O–H groups in total. The van der Waals surface area contributed by atoms with Crippen molar-refractivity contribution in [2.75, 3.05) is 23.3 Å². The molecule has 0 aliphatic carbocycles. The number of hydrogen-bond donors (Lipinski definition) is 1. The summed E-state index contributed by atoms with van der Waals surface area (Å²) in [5.41, 5.74) is 2.81. The largest absolute Gasteiger partial charge is 0.372 e. The van der Waals surface area contributed by atoms with Crippen LogP contribution in [0.25, 0.3) is 0 Å². The SMILES string of the molecule is O=C(Cc1ccc(F)cc1)Nc1ccc(N2CCCCCC2)cc1. The van der Waals surface area contributed by atoms with E-state index in [4.69, 9.17) is 0 Å². The second-order valence-electron chi connectivity index (χ2n) is 6.30. The van der Waals surface area contributed by atoms with Gasteiger partial charge in [-0.1, -0.05) is 25.0 Å². The normalized spacial score (nSPS) is 15.0. The van der Waals surface area contributed by atoms with Crippen LogP contribution in [0.4, 0.5) is 15.8 Å². The van der Waals surface area contributed by atoms with E-state index in [-0.39, 0.29) is 18.1 Å². The van der Waals surface area contributed by atoms with E-state index in [9.17, 15) is 9.18 Å². The lowest BCUT2D eigenvalue weighted by atomic mass is 10.1. The smallest absolute Gasteiger partial charge is 0.228 e. The molecule has 3 nitrogen and oxygen atoms in total. The number of hydrogen-bond acceptors (Lipinski definition) is 2. The van der Waals surface area contributed by atoms with Crippen LogP contribution in [-0.4, -0.2) is 19.0 Å². The van der Waals surface area contributed by atoms with E-state index in [0.29, 0.717) is 0 Å². The van der Waals surface area contributed by atoms with Crippen LogP contribution in [0.5, 0.6) is 0 Å². The van der Waals surface area contributed by atoms with Gasteiger partial charge in [0.05, 0.1) is 6.42 Å². The van der Waals surface area contributed by atoms with Gasteiger partial charge in [-0.3, -0.25) is 4.79 Å². The lowest BCUT2D eigenvalue weighted by molar-refractivity contribution is -0.115. The molecule has 0 radical (unpaired) electrons. The number of anilines is 2. The Kier molecular flexibility index (Phi) is 5.47. The maximum atomic E-state index is 12.9. The van der Waals surface area contributed by atoms with Crippen LogP contribution in [-0.2, 0) is 11.2 Å². The second kappa shape index (κ2) is 7.95. The van der Waals surface area contributed by atoms with Crippen molar-refractivity contribution in [2.24, 2.45) is 0 Å². The van der Waals surface area contributed by atoms with E-state index in [1.807, 2.05) is 12.1 Å². The van der Waals surface area contributed by atoms with Crippen molar-refractivity contribution in [3.05, 3.63) is 59.9 Å². The molecule has 0 atom stereocenters. The molecule has 1 saturated heterocycles. The van der Waals surface area contributed by atoms with E-state index in [0.717, 1.165) is 24.3 Å². The van der Waals surface area contributed by atoms with Gasteiger partial charge in [0.1, 0.15) is 5.82 Å². The molecule has 24 heavy (non-hydrogen) atoms. The number of benzene rings is 2. The first kappa shape index (κ1) is 16.5. The molecule has 1 aliphatic rings. The van der Waals surface area contributed by atoms with Crippen molar-refractivity contribution < 1.29 is 9.18 Å². The minimum Gasteiger partial charge on any atom is -0.372 e. The van der Waals surface area contributed by atoms with Crippen LogP contribution < -0.4 is 10.2 Å². The monoisotopic (exact) mass is 326 g/mol. The lowest BCUT2D eigenvalue weighted by Crippen LogP contribution is -2.23. The van der Waals surface area contributed by atoms with Crippen molar-refractivity contribution in [1.29, 1.82) is 0 Å². The fraction of sp³-hybridized carbons (Fsp3) is 0.350. The minimum absolute atomic E-state index is 0.0934. The number of halogens is 1. The zero-order valence-corrected chi connectivity index (χ0v) is 13.8. The molecule has 2 aromatic rings. The predicted molar refractivity (Wildman–Crippen MR) is 95.9 cm³/mol. The van der Waals surface area contributed by atoms with Gasteiger partial charge in [0.15, 0.2) is 0 Å². The molecule has 0 aromatic heterocycles. The number of amides is 1. The highest BCUT2D eigenvalue weighted by atomic mass is 19.1. The van der Waals surface area contributed by atoms with E-state index >= 15 is 0 Å². The fourth-order valence-corrected chi connectivity index (χ4v) is 3.08. The zero-order valence-electron chi connectivity index (χ0n) is 13.8. The van der Waals surface area contributed by atoms with E-state index in [2.05, 4.69) is 22.3 Å². The summed E-state index contributed by atoms with van der Waals surface area (Å²) in [5, 5.41) is 2.90. The lowest BCUT2D eigenvalue weighted by Gasteiger charge is -2.22. The van der Waals surface area contributed by atoms with Crippen LogP contribution in [0.1, 0.15) is 31.2 Å². The van der Waals surface area contributed by atoms with Crippen molar-refractivity contribution in [3.63, 3.8) is 0 Å². The molecule has 1 fully saturated rings. The van der Waals surface area contributed by atoms with Crippen molar-refractivity contribution in [2.45, 2.75) is 32.1 Å². The van der Waals surface area contributed by atoms with Crippen LogP contribution >= 0.6 is 0 Å².